The van der Waals surface area contributed by atoms with Crippen molar-refractivity contribution < 1.29 is 4.42 Å². The van der Waals surface area contributed by atoms with Gasteiger partial charge in [0.25, 0.3) is 0 Å². The summed E-state index contributed by atoms with van der Waals surface area (Å²) in [4.78, 5) is 0. The minimum atomic E-state index is 0.594. The average Bonchev–Trinajstić information content (AvgIpc) is 3.95. The average molecular weight is 689 g/mol. The summed E-state index contributed by atoms with van der Waals surface area (Å²) < 4.78 is 13.3. The van der Waals surface area contributed by atoms with E-state index in [-0.39, 0.29) is 0 Å². The summed E-state index contributed by atoms with van der Waals surface area (Å²) in [5.74, 6) is 0. The molecule has 0 fully saturated rings. The van der Waals surface area contributed by atoms with Crippen LogP contribution in [-0.4, -0.2) is 13.7 Å². The molecule has 0 N–H and O–H groups in total. The fourth-order valence-electron chi connectivity index (χ4n) is 9.01. The molecule has 5 nitrogen and oxygen atoms in total. The molecule has 4 aromatic heterocycles. The van der Waals surface area contributed by atoms with Crippen LogP contribution in [0.5, 0.6) is 0 Å². The molecule has 0 amide bonds. The Morgan fingerprint density at radius 3 is 1.44 bits per heavy atom. The second-order valence-corrected chi connectivity index (χ2v) is 14.0. The van der Waals surface area contributed by atoms with Crippen molar-refractivity contribution >= 4 is 87.4 Å². The number of rotatable bonds is 3. The number of nitrogens with zero attached hydrogens (tertiary/aromatic N) is 4. The third-order valence-corrected chi connectivity index (χ3v) is 11.3. The first-order chi connectivity index (χ1) is 26.8. The fraction of sp³-hybridized carbons (Fsp3) is 0. The molecule has 0 bridgehead atoms. The number of furan rings is 1. The first kappa shape index (κ1) is 29.1. The van der Waals surface area contributed by atoms with Crippen molar-refractivity contribution in [2.75, 3.05) is 0 Å². The van der Waals surface area contributed by atoms with Gasteiger partial charge in [0.2, 0.25) is 0 Å². The van der Waals surface area contributed by atoms with Crippen LogP contribution in [0.15, 0.2) is 174 Å². The molecule has 0 spiro atoms. The van der Waals surface area contributed by atoms with Gasteiger partial charge in [0.05, 0.1) is 44.5 Å². The van der Waals surface area contributed by atoms with Crippen molar-refractivity contribution in [3.8, 4) is 23.1 Å². The zero-order valence-electron chi connectivity index (χ0n) is 28.9. The summed E-state index contributed by atoms with van der Waals surface area (Å²) in [5, 5.41) is 20.3. The lowest BCUT2D eigenvalue weighted by atomic mass is 10.1. The van der Waals surface area contributed by atoms with E-state index in [0.717, 1.165) is 93.6 Å². The van der Waals surface area contributed by atoms with Crippen LogP contribution >= 0.6 is 0 Å². The SMILES string of the molecule is N#Cc1c(-n2c3ccccc3c3cc4c(cc32)oc2ccccc24)cccc1-n1c2ccccc2c2cc3c4ccccc4n(-c4ccccc4)c3cc21. The number of para-hydroxylation sites is 5. The first-order valence-corrected chi connectivity index (χ1v) is 18.2. The van der Waals surface area contributed by atoms with Gasteiger partial charge in [-0.05, 0) is 66.7 Å². The van der Waals surface area contributed by atoms with Gasteiger partial charge < -0.3 is 18.1 Å². The zero-order valence-corrected chi connectivity index (χ0v) is 28.9. The molecule has 0 aliphatic heterocycles. The second kappa shape index (κ2) is 10.7. The maximum atomic E-state index is 11.2. The quantitative estimate of drug-likeness (QED) is 0.185. The van der Waals surface area contributed by atoms with Crippen LogP contribution in [0.3, 0.4) is 0 Å². The van der Waals surface area contributed by atoms with Crippen molar-refractivity contribution in [2.45, 2.75) is 0 Å². The maximum absolute atomic E-state index is 11.2. The first-order valence-electron chi connectivity index (χ1n) is 18.2. The van der Waals surface area contributed by atoms with Crippen LogP contribution in [0.25, 0.3) is 104 Å². The van der Waals surface area contributed by atoms with Gasteiger partial charge >= 0.3 is 0 Å². The van der Waals surface area contributed by atoms with Crippen LogP contribution in [0.4, 0.5) is 0 Å². The summed E-state index contributed by atoms with van der Waals surface area (Å²) in [5.41, 5.74) is 11.4. The van der Waals surface area contributed by atoms with E-state index in [2.05, 4.69) is 177 Å². The molecular formula is C49H28N4O. The number of benzene rings is 8. The third-order valence-electron chi connectivity index (χ3n) is 11.3. The highest BCUT2D eigenvalue weighted by Gasteiger charge is 2.23. The fourth-order valence-corrected chi connectivity index (χ4v) is 9.01. The van der Waals surface area contributed by atoms with E-state index in [1.165, 1.54) is 10.8 Å². The molecule has 8 aromatic carbocycles. The Bertz CT molecular complexity index is 3570. The van der Waals surface area contributed by atoms with Gasteiger partial charge in [-0.1, -0.05) is 97.1 Å². The number of aromatic nitrogens is 3. The lowest BCUT2D eigenvalue weighted by Gasteiger charge is -2.16. The molecule has 0 aliphatic carbocycles. The molecule has 12 rings (SSSR count). The maximum Gasteiger partial charge on any atom is 0.137 e. The number of nitriles is 1. The van der Waals surface area contributed by atoms with E-state index < -0.39 is 0 Å². The molecule has 0 radical (unpaired) electrons. The van der Waals surface area contributed by atoms with Crippen LogP contribution in [0.1, 0.15) is 5.56 Å². The van der Waals surface area contributed by atoms with Crippen molar-refractivity contribution in [1.29, 1.82) is 5.26 Å². The zero-order chi connectivity index (χ0) is 35.5. The summed E-state index contributed by atoms with van der Waals surface area (Å²) in [6.07, 6.45) is 0. The Hall–Kier alpha value is -7.55. The molecule has 54 heavy (non-hydrogen) atoms. The Kier molecular flexibility index (Phi) is 5.78. The molecule has 0 saturated carbocycles. The van der Waals surface area contributed by atoms with E-state index in [0.29, 0.717) is 5.56 Å². The van der Waals surface area contributed by atoms with Crippen LogP contribution < -0.4 is 0 Å². The Balaban J connectivity index is 1.19. The molecule has 0 unspecified atom stereocenters. The Morgan fingerprint density at radius 1 is 0.352 bits per heavy atom. The van der Waals surface area contributed by atoms with Crippen LogP contribution in [0, 0.1) is 11.3 Å². The van der Waals surface area contributed by atoms with E-state index in [4.69, 9.17) is 4.42 Å². The Labute approximate surface area is 308 Å². The molecular weight excluding hydrogens is 661 g/mol. The molecule has 5 heteroatoms. The Morgan fingerprint density at radius 2 is 0.833 bits per heavy atom. The molecule has 12 aromatic rings. The highest BCUT2D eigenvalue weighted by Crippen LogP contribution is 2.42. The van der Waals surface area contributed by atoms with Crippen molar-refractivity contribution in [2.24, 2.45) is 0 Å². The van der Waals surface area contributed by atoms with Gasteiger partial charge in [0.15, 0.2) is 0 Å². The monoisotopic (exact) mass is 688 g/mol. The van der Waals surface area contributed by atoms with Gasteiger partial charge in [0.1, 0.15) is 22.8 Å². The lowest BCUT2D eigenvalue weighted by molar-refractivity contribution is 0.669. The van der Waals surface area contributed by atoms with E-state index in [1.54, 1.807) is 0 Å². The molecule has 4 heterocycles. The normalized spacial score (nSPS) is 12.1. The minimum Gasteiger partial charge on any atom is -0.456 e. The third kappa shape index (κ3) is 3.81. The van der Waals surface area contributed by atoms with E-state index in [9.17, 15) is 5.26 Å². The number of hydrogen-bond acceptors (Lipinski definition) is 2. The van der Waals surface area contributed by atoms with Gasteiger partial charge in [-0.25, -0.2) is 0 Å². The smallest absolute Gasteiger partial charge is 0.137 e. The predicted octanol–water partition coefficient (Wildman–Crippen LogP) is 12.7. The largest absolute Gasteiger partial charge is 0.456 e. The van der Waals surface area contributed by atoms with E-state index in [1.807, 2.05) is 12.1 Å². The molecule has 0 saturated heterocycles. The molecule has 0 aliphatic rings. The van der Waals surface area contributed by atoms with Crippen molar-refractivity contribution in [3.05, 3.63) is 175 Å². The second-order valence-electron chi connectivity index (χ2n) is 14.0. The topological polar surface area (TPSA) is 51.7 Å². The van der Waals surface area contributed by atoms with Gasteiger partial charge in [-0.3, -0.25) is 0 Å². The van der Waals surface area contributed by atoms with Crippen LogP contribution in [0.2, 0.25) is 0 Å². The van der Waals surface area contributed by atoms with Crippen molar-refractivity contribution in [1.82, 2.24) is 13.7 Å². The summed E-state index contributed by atoms with van der Waals surface area (Å²) in [6, 6.07) is 62.3. The summed E-state index contributed by atoms with van der Waals surface area (Å²) in [6.45, 7) is 0. The highest BCUT2D eigenvalue weighted by atomic mass is 16.3. The van der Waals surface area contributed by atoms with Gasteiger partial charge in [-0.2, -0.15) is 5.26 Å². The number of hydrogen-bond donors (Lipinski definition) is 0. The van der Waals surface area contributed by atoms with Crippen molar-refractivity contribution in [3.63, 3.8) is 0 Å². The molecule has 0 atom stereocenters. The standard InChI is InChI=1S/C49H28N4O/c50-29-39-43(22-12-23-44(39)53-42-21-10-6-17-33(42)37-26-38-34-18-7-11-24-48(34)54-49(38)28-47(37)53)52-41-20-9-5-16-32(41)36-25-35-31-15-4-8-19-40(31)51(45(35)27-46(36)52)30-13-2-1-3-14-30/h1-28H. The van der Waals surface area contributed by atoms with Gasteiger partial charge in [-0.15, -0.1) is 0 Å². The van der Waals surface area contributed by atoms with Gasteiger partial charge in [0, 0.05) is 54.8 Å². The summed E-state index contributed by atoms with van der Waals surface area (Å²) in [7, 11) is 0. The van der Waals surface area contributed by atoms with E-state index >= 15 is 0 Å². The highest BCUT2D eigenvalue weighted by molar-refractivity contribution is 6.20. The van der Waals surface area contributed by atoms with Crippen LogP contribution in [-0.2, 0) is 0 Å². The predicted molar refractivity (Wildman–Crippen MR) is 221 cm³/mol. The lowest BCUT2D eigenvalue weighted by Crippen LogP contribution is -2.04. The molecule has 250 valence electrons. The minimum absolute atomic E-state index is 0.594. The summed E-state index contributed by atoms with van der Waals surface area (Å²) >= 11 is 0. The number of fused-ring (bicyclic) bond motifs is 12.